The number of hydrogen-bond donors (Lipinski definition) is 1. The van der Waals surface area contributed by atoms with Crippen LogP contribution in [0.2, 0.25) is 5.02 Å². The third-order valence-corrected chi connectivity index (χ3v) is 3.88. The Labute approximate surface area is 119 Å². The summed E-state index contributed by atoms with van der Waals surface area (Å²) in [6, 6.07) is 5.27. The summed E-state index contributed by atoms with van der Waals surface area (Å²) in [5.41, 5.74) is 2.37. The molecule has 1 unspecified atom stereocenters. The Morgan fingerprint density at radius 2 is 2.21 bits per heavy atom. The standard InChI is InChI=1S/C16H21ClFN/c1-2-10-19-16(12-6-4-3-5-7-12)13-8-9-14(17)15(18)11-13/h6,8-9,11,16,19H,2-5,7,10H2,1H3. The van der Waals surface area contributed by atoms with Crippen LogP contribution in [0.3, 0.4) is 0 Å². The van der Waals surface area contributed by atoms with Gasteiger partial charge in [-0.05, 0) is 56.3 Å². The molecule has 0 bridgehead atoms. The molecule has 0 saturated carbocycles. The number of hydrogen-bond acceptors (Lipinski definition) is 1. The van der Waals surface area contributed by atoms with Gasteiger partial charge in [0.05, 0.1) is 11.1 Å². The molecule has 0 fully saturated rings. The monoisotopic (exact) mass is 281 g/mol. The largest absolute Gasteiger partial charge is 0.307 e. The van der Waals surface area contributed by atoms with E-state index in [0.29, 0.717) is 0 Å². The molecule has 19 heavy (non-hydrogen) atoms. The molecule has 0 heterocycles. The molecule has 0 radical (unpaired) electrons. The van der Waals surface area contributed by atoms with Crippen LogP contribution in [-0.2, 0) is 0 Å². The van der Waals surface area contributed by atoms with E-state index in [2.05, 4.69) is 18.3 Å². The van der Waals surface area contributed by atoms with Crippen LogP contribution in [-0.4, -0.2) is 6.54 Å². The summed E-state index contributed by atoms with van der Waals surface area (Å²) in [5.74, 6) is -0.334. The summed E-state index contributed by atoms with van der Waals surface area (Å²) in [7, 11) is 0. The minimum absolute atomic E-state index is 0.131. The zero-order chi connectivity index (χ0) is 13.7. The van der Waals surface area contributed by atoms with E-state index in [9.17, 15) is 4.39 Å². The van der Waals surface area contributed by atoms with Gasteiger partial charge in [0.15, 0.2) is 0 Å². The lowest BCUT2D eigenvalue weighted by Crippen LogP contribution is -2.24. The molecular formula is C16H21ClFN. The Bertz CT molecular complexity index is 456. The second-order valence-electron chi connectivity index (χ2n) is 5.09. The first-order chi connectivity index (χ1) is 9.22. The lowest BCUT2D eigenvalue weighted by molar-refractivity contribution is 0.542. The highest BCUT2D eigenvalue weighted by atomic mass is 35.5. The number of halogens is 2. The van der Waals surface area contributed by atoms with E-state index in [1.807, 2.05) is 6.07 Å². The second kappa shape index (κ2) is 7.06. The average Bonchev–Trinajstić information content (AvgIpc) is 2.44. The van der Waals surface area contributed by atoms with Crippen LogP contribution in [0.15, 0.2) is 29.8 Å². The SMILES string of the molecule is CCCNC(C1=CCCCC1)c1ccc(Cl)c(F)c1. The van der Waals surface area contributed by atoms with Crippen molar-refractivity contribution in [2.75, 3.05) is 6.54 Å². The van der Waals surface area contributed by atoms with Crippen molar-refractivity contribution in [2.45, 2.75) is 45.1 Å². The molecule has 1 aliphatic rings. The molecular weight excluding hydrogens is 261 g/mol. The van der Waals surface area contributed by atoms with E-state index >= 15 is 0 Å². The number of rotatable bonds is 5. The quantitative estimate of drug-likeness (QED) is 0.747. The van der Waals surface area contributed by atoms with Crippen molar-refractivity contribution in [3.05, 3.63) is 46.3 Å². The van der Waals surface area contributed by atoms with Crippen molar-refractivity contribution in [3.63, 3.8) is 0 Å². The third-order valence-electron chi connectivity index (χ3n) is 3.57. The molecule has 0 spiro atoms. The molecule has 2 rings (SSSR count). The van der Waals surface area contributed by atoms with Crippen LogP contribution in [0.25, 0.3) is 0 Å². The van der Waals surface area contributed by atoms with Crippen molar-refractivity contribution >= 4 is 11.6 Å². The lowest BCUT2D eigenvalue weighted by Gasteiger charge is -2.25. The van der Waals surface area contributed by atoms with Gasteiger partial charge < -0.3 is 5.32 Å². The summed E-state index contributed by atoms with van der Waals surface area (Å²) in [4.78, 5) is 0. The molecule has 0 aromatic heterocycles. The lowest BCUT2D eigenvalue weighted by atomic mass is 9.89. The molecule has 1 aliphatic carbocycles. The Kier molecular flexibility index (Phi) is 5.41. The zero-order valence-electron chi connectivity index (χ0n) is 11.4. The number of nitrogens with one attached hydrogen (secondary N) is 1. The first-order valence-corrected chi connectivity index (χ1v) is 7.47. The molecule has 0 aliphatic heterocycles. The first-order valence-electron chi connectivity index (χ1n) is 7.09. The van der Waals surface area contributed by atoms with E-state index in [1.165, 1.54) is 18.4 Å². The Morgan fingerprint density at radius 1 is 1.37 bits per heavy atom. The van der Waals surface area contributed by atoms with Gasteiger partial charge in [-0.15, -0.1) is 0 Å². The molecule has 1 aromatic rings. The summed E-state index contributed by atoms with van der Waals surface area (Å²) in [6.45, 7) is 3.08. The van der Waals surface area contributed by atoms with Gasteiger partial charge in [-0.3, -0.25) is 0 Å². The van der Waals surface area contributed by atoms with Gasteiger partial charge in [-0.2, -0.15) is 0 Å². The van der Waals surface area contributed by atoms with Crippen molar-refractivity contribution in [2.24, 2.45) is 0 Å². The van der Waals surface area contributed by atoms with E-state index in [-0.39, 0.29) is 16.9 Å². The maximum absolute atomic E-state index is 13.6. The predicted molar refractivity (Wildman–Crippen MR) is 79.0 cm³/mol. The summed E-state index contributed by atoms with van der Waals surface area (Å²) in [5, 5.41) is 3.71. The van der Waals surface area contributed by atoms with Crippen LogP contribution in [0.4, 0.5) is 4.39 Å². The molecule has 0 amide bonds. The molecule has 104 valence electrons. The van der Waals surface area contributed by atoms with Gasteiger partial charge in [0.2, 0.25) is 0 Å². The molecule has 0 saturated heterocycles. The van der Waals surface area contributed by atoms with Crippen molar-refractivity contribution in [1.82, 2.24) is 5.32 Å². The molecule has 1 atom stereocenters. The average molecular weight is 282 g/mol. The van der Waals surface area contributed by atoms with Gasteiger partial charge >= 0.3 is 0 Å². The molecule has 3 heteroatoms. The Morgan fingerprint density at radius 3 is 2.84 bits per heavy atom. The Balaban J connectivity index is 2.25. The van der Waals surface area contributed by atoms with Crippen LogP contribution in [0.1, 0.15) is 50.6 Å². The number of allylic oxidation sites excluding steroid dienone is 1. The van der Waals surface area contributed by atoms with Gasteiger partial charge in [-0.1, -0.05) is 36.2 Å². The van der Waals surface area contributed by atoms with Gasteiger partial charge in [-0.25, -0.2) is 4.39 Å². The van der Waals surface area contributed by atoms with E-state index < -0.39 is 0 Å². The van der Waals surface area contributed by atoms with E-state index in [1.54, 1.807) is 12.1 Å². The first kappa shape index (κ1) is 14.5. The minimum atomic E-state index is -0.334. The zero-order valence-corrected chi connectivity index (χ0v) is 12.1. The maximum atomic E-state index is 13.6. The normalized spacial score (nSPS) is 17.1. The van der Waals surface area contributed by atoms with Crippen molar-refractivity contribution in [3.8, 4) is 0 Å². The second-order valence-corrected chi connectivity index (χ2v) is 5.49. The van der Waals surface area contributed by atoms with Gasteiger partial charge in [0, 0.05) is 0 Å². The van der Waals surface area contributed by atoms with E-state index in [0.717, 1.165) is 31.4 Å². The van der Waals surface area contributed by atoms with Crippen LogP contribution < -0.4 is 5.32 Å². The maximum Gasteiger partial charge on any atom is 0.142 e. The minimum Gasteiger partial charge on any atom is -0.307 e. The van der Waals surface area contributed by atoms with Crippen LogP contribution in [0.5, 0.6) is 0 Å². The highest BCUT2D eigenvalue weighted by Crippen LogP contribution is 2.31. The summed E-state index contributed by atoms with van der Waals surface area (Å²) >= 11 is 5.77. The fraction of sp³-hybridized carbons (Fsp3) is 0.500. The fourth-order valence-electron chi connectivity index (χ4n) is 2.57. The molecule has 1 N–H and O–H groups in total. The van der Waals surface area contributed by atoms with Crippen LogP contribution in [0, 0.1) is 5.82 Å². The summed E-state index contributed by atoms with van der Waals surface area (Å²) in [6.07, 6.45) is 8.11. The number of benzene rings is 1. The highest BCUT2D eigenvalue weighted by Gasteiger charge is 2.18. The predicted octanol–water partition coefficient (Wildman–Crippen LogP) is 5.02. The van der Waals surface area contributed by atoms with Crippen LogP contribution >= 0.6 is 11.6 Å². The summed E-state index contributed by atoms with van der Waals surface area (Å²) < 4.78 is 13.6. The molecule has 1 nitrogen and oxygen atoms in total. The third kappa shape index (κ3) is 3.80. The smallest absolute Gasteiger partial charge is 0.142 e. The van der Waals surface area contributed by atoms with E-state index in [4.69, 9.17) is 11.6 Å². The Hall–Kier alpha value is -0.860. The highest BCUT2D eigenvalue weighted by molar-refractivity contribution is 6.30. The van der Waals surface area contributed by atoms with Gasteiger partial charge in [0.25, 0.3) is 0 Å². The van der Waals surface area contributed by atoms with Crippen molar-refractivity contribution in [1.29, 1.82) is 0 Å². The molecule has 1 aromatic carbocycles. The van der Waals surface area contributed by atoms with Gasteiger partial charge in [0.1, 0.15) is 5.82 Å². The fourth-order valence-corrected chi connectivity index (χ4v) is 2.69. The topological polar surface area (TPSA) is 12.0 Å². The van der Waals surface area contributed by atoms with Crippen molar-refractivity contribution < 1.29 is 4.39 Å².